The lowest BCUT2D eigenvalue weighted by Crippen LogP contribution is -2.29. The van der Waals surface area contributed by atoms with Gasteiger partial charge in [0.15, 0.2) is 0 Å². The third-order valence-corrected chi connectivity index (χ3v) is 2.48. The highest BCUT2D eigenvalue weighted by Crippen LogP contribution is 2.09. The highest BCUT2D eigenvalue weighted by Gasteiger charge is 2.06. The SMILES string of the molecule is Cc1cnccc1Cn1c(O)cc(=O)[nH]c1=O. The Balaban J connectivity index is 2.48. The molecule has 6 nitrogen and oxygen atoms in total. The van der Waals surface area contributed by atoms with Crippen LogP contribution < -0.4 is 11.2 Å². The third-order valence-electron chi connectivity index (χ3n) is 2.48. The number of aromatic nitrogens is 3. The van der Waals surface area contributed by atoms with Crippen LogP contribution in [0.15, 0.2) is 34.1 Å². The molecule has 0 radical (unpaired) electrons. The molecule has 0 saturated heterocycles. The summed E-state index contributed by atoms with van der Waals surface area (Å²) in [4.78, 5) is 28.5. The summed E-state index contributed by atoms with van der Waals surface area (Å²) >= 11 is 0. The van der Waals surface area contributed by atoms with Gasteiger partial charge < -0.3 is 5.11 Å². The first kappa shape index (κ1) is 11.1. The molecule has 6 heteroatoms. The molecule has 0 fully saturated rings. The Kier molecular flexibility index (Phi) is 2.78. The molecule has 0 bridgehead atoms. The van der Waals surface area contributed by atoms with Gasteiger partial charge >= 0.3 is 5.69 Å². The van der Waals surface area contributed by atoms with Crippen molar-refractivity contribution in [3.05, 3.63) is 56.5 Å². The normalized spacial score (nSPS) is 10.4. The van der Waals surface area contributed by atoms with E-state index in [1.54, 1.807) is 18.5 Å². The largest absolute Gasteiger partial charge is 0.494 e. The van der Waals surface area contributed by atoms with Gasteiger partial charge in [0.25, 0.3) is 5.56 Å². The summed E-state index contributed by atoms with van der Waals surface area (Å²) < 4.78 is 1.09. The topological polar surface area (TPSA) is 88.0 Å². The second-order valence-corrected chi connectivity index (χ2v) is 3.69. The molecule has 17 heavy (non-hydrogen) atoms. The quantitative estimate of drug-likeness (QED) is 0.763. The first-order chi connectivity index (χ1) is 8.08. The molecule has 2 aromatic rings. The molecule has 2 heterocycles. The van der Waals surface area contributed by atoms with E-state index in [0.717, 1.165) is 21.8 Å². The molecule has 2 rings (SSSR count). The number of aromatic amines is 1. The zero-order chi connectivity index (χ0) is 12.4. The average Bonchev–Trinajstić information content (AvgIpc) is 2.25. The van der Waals surface area contributed by atoms with Crippen LogP contribution in [0.4, 0.5) is 0 Å². The monoisotopic (exact) mass is 233 g/mol. The smallest absolute Gasteiger partial charge is 0.331 e. The van der Waals surface area contributed by atoms with Crippen molar-refractivity contribution in [1.82, 2.24) is 14.5 Å². The van der Waals surface area contributed by atoms with Gasteiger partial charge in [-0.15, -0.1) is 0 Å². The first-order valence-corrected chi connectivity index (χ1v) is 5.00. The van der Waals surface area contributed by atoms with Crippen LogP contribution in [0, 0.1) is 6.92 Å². The molecule has 2 aromatic heterocycles. The number of H-pyrrole nitrogens is 1. The van der Waals surface area contributed by atoms with E-state index in [9.17, 15) is 14.7 Å². The zero-order valence-corrected chi connectivity index (χ0v) is 9.17. The maximum atomic E-state index is 11.5. The summed E-state index contributed by atoms with van der Waals surface area (Å²) in [6.07, 6.45) is 3.28. The maximum Gasteiger partial charge on any atom is 0.331 e. The summed E-state index contributed by atoms with van der Waals surface area (Å²) in [6.45, 7) is 2.05. The lowest BCUT2D eigenvalue weighted by molar-refractivity contribution is 0.409. The number of pyridine rings is 1. The molecular formula is C11H11N3O3. The molecule has 0 unspecified atom stereocenters. The van der Waals surface area contributed by atoms with Crippen LogP contribution in [0.3, 0.4) is 0 Å². The van der Waals surface area contributed by atoms with Gasteiger partial charge in [0.1, 0.15) is 0 Å². The summed E-state index contributed by atoms with van der Waals surface area (Å²) in [5.41, 5.74) is 0.510. The molecule has 0 aliphatic heterocycles. The van der Waals surface area contributed by atoms with Crippen molar-refractivity contribution in [3.63, 3.8) is 0 Å². The summed E-state index contributed by atoms with van der Waals surface area (Å²) in [5, 5.41) is 9.55. The van der Waals surface area contributed by atoms with Gasteiger partial charge in [-0.2, -0.15) is 0 Å². The van der Waals surface area contributed by atoms with Crippen LogP contribution in [0.2, 0.25) is 0 Å². The van der Waals surface area contributed by atoms with E-state index in [1.807, 2.05) is 6.92 Å². The van der Waals surface area contributed by atoms with E-state index in [4.69, 9.17) is 0 Å². The molecule has 88 valence electrons. The van der Waals surface area contributed by atoms with E-state index in [0.29, 0.717) is 0 Å². The van der Waals surface area contributed by atoms with Crippen molar-refractivity contribution in [2.24, 2.45) is 0 Å². The first-order valence-electron chi connectivity index (χ1n) is 5.00. The predicted octanol–water partition coefficient (Wildman–Crippen LogP) is -0.00608. The van der Waals surface area contributed by atoms with Crippen molar-refractivity contribution in [3.8, 4) is 5.88 Å². The van der Waals surface area contributed by atoms with Crippen LogP contribution in [0.1, 0.15) is 11.1 Å². The maximum absolute atomic E-state index is 11.5. The molecule has 0 aliphatic rings. The van der Waals surface area contributed by atoms with Crippen LogP contribution in [-0.4, -0.2) is 19.6 Å². The number of nitrogens with one attached hydrogen (secondary N) is 1. The van der Waals surface area contributed by atoms with Gasteiger partial charge in [-0.3, -0.25) is 19.3 Å². The Labute approximate surface area is 96.2 Å². The molecule has 0 atom stereocenters. The lowest BCUT2D eigenvalue weighted by atomic mass is 10.1. The van der Waals surface area contributed by atoms with Crippen molar-refractivity contribution >= 4 is 0 Å². The average molecular weight is 233 g/mol. The van der Waals surface area contributed by atoms with Gasteiger partial charge in [0.05, 0.1) is 12.6 Å². The minimum Gasteiger partial charge on any atom is -0.494 e. The number of aryl methyl sites for hydroxylation is 1. The number of aromatic hydroxyl groups is 1. The van der Waals surface area contributed by atoms with Crippen molar-refractivity contribution < 1.29 is 5.11 Å². The van der Waals surface area contributed by atoms with E-state index < -0.39 is 11.2 Å². The van der Waals surface area contributed by atoms with Crippen LogP contribution in [-0.2, 0) is 6.54 Å². The van der Waals surface area contributed by atoms with Gasteiger partial charge in [-0.05, 0) is 24.1 Å². The van der Waals surface area contributed by atoms with Gasteiger partial charge in [-0.25, -0.2) is 4.79 Å². The van der Waals surface area contributed by atoms with Gasteiger partial charge in [-0.1, -0.05) is 0 Å². The predicted molar refractivity (Wildman–Crippen MR) is 61.1 cm³/mol. The molecule has 0 spiro atoms. The lowest BCUT2D eigenvalue weighted by Gasteiger charge is -2.08. The third kappa shape index (κ3) is 2.25. The fourth-order valence-electron chi connectivity index (χ4n) is 1.51. The van der Waals surface area contributed by atoms with Crippen molar-refractivity contribution in [2.45, 2.75) is 13.5 Å². The second-order valence-electron chi connectivity index (χ2n) is 3.69. The molecule has 0 amide bonds. The van der Waals surface area contributed by atoms with Gasteiger partial charge in [0, 0.05) is 12.4 Å². The standard InChI is InChI=1S/C11H11N3O3/c1-7-5-12-3-2-8(7)6-14-10(16)4-9(15)13-11(14)17/h2-5,16H,6H2,1H3,(H,13,15,17). The number of hydrogen-bond donors (Lipinski definition) is 2. The number of nitrogens with zero attached hydrogens (tertiary/aromatic N) is 2. The molecular weight excluding hydrogens is 222 g/mol. The van der Waals surface area contributed by atoms with E-state index in [1.165, 1.54) is 0 Å². The molecule has 0 saturated carbocycles. The van der Waals surface area contributed by atoms with Crippen LogP contribution >= 0.6 is 0 Å². The van der Waals surface area contributed by atoms with E-state index >= 15 is 0 Å². The Morgan fingerprint density at radius 1 is 1.47 bits per heavy atom. The fraction of sp³-hybridized carbons (Fsp3) is 0.182. The van der Waals surface area contributed by atoms with Crippen LogP contribution in [0.25, 0.3) is 0 Å². The van der Waals surface area contributed by atoms with Crippen molar-refractivity contribution in [2.75, 3.05) is 0 Å². The van der Waals surface area contributed by atoms with E-state index in [2.05, 4.69) is 9.97 Å². The number of rotatable bonds is 2. The Bertz CT molecular complexity index is 657. The minimum absolute atomic E-state index is 0.190. The molecule has 0 aliphatic carbocycles. The Morgan fingerprint density at radius 2 is 2.24 bits per heavy atom. The highest BCUT2D eigenvalue weighted by molar-refractivity contribution is 5.23. The van der Waals surface area contributed by atoms with Crippen LogP contribution in [0.5, 0.6) is 5.88 Å². The van der Waals surface area contributed by atoms with Gasteiger partial charge in [0.2, 0.25) is 5.88 Å². The van der Waals surface area contributed by atoms with E-state index in [-0.39, 0.29) is 12.4 Å². The number of hydrogen-bond acceptors (Lipinski definition) is 4. The zero-order valence-electron chi connectivity index (χ0n) is 9.17. The summed E-state index contributed by atoms with van der Waals surface area (Å²) in [5.74, 6) is -0.352. The molecule has 0 aromatic carbocycles. The minimum atomic E-state index is -0.633. The fourth-order valence-corrected chi connectivity index (χ4v) is 1.51. The molecule has 2 N–H and O–H groups in total. The summed E-state index contributed by atoms with van der Waals surface area (Å²) in [7, 11) is 0. The van der Waals surface area contributed by atoms with Crippen molar-refractivity contribution in [1.29, 1.82) is 0 Å². The highest BCUT2D eigenvalue weighted by atomic mass is 16.3. The second kappa shape index (κ2) is 4.25. The summed E-state index contributed by atoms with van der Waals surface area (Å²) in [6, 6.07) is 2.73. The Hall–Kier alpha value is -2.37. The Morgan fingerprint density at radius 3 is 2.88 bits per heavy atom.